The van der Waals surface area contributed by atoms with E-state index in [1.54, 1.807) is 17.0 Å². The first-order valence-electron chi connectivity index (χ1n) is 12.6. The number of amides is 2. The van der Waals surface area contributed by atoms with Gasteiger partial charge < -0.3 is 19.5 Å². The summed E-state index contributed by atoms with van der Waals surface area (Å²) in [7, 11) is 0. The Labute approximate surface area is 231 Å². The van der Waals surface area contributed by atoms with Crippen LogP contribution in [0.4, 0.5) is 19.0 Å². The van der Waals surface area contributed by atoms with Crippen molar-refractivity contribution in [1.29, 1.82) is 0 Å². The Balaban J connectivity index is 1.29. The number of halogens is 3. The molecule has 41 heavy (non-hydrogen) atoms. The molecule has 14 heteroatoms. The van der Waals surface area contributed by atoms with E-state index in [9.17, 15) is 27.6 Å². The van der Waals surface area contributed by atoms with Gasteiger partial charge in [0.05, 0.1) is 36.4 Å². The van der Waals surface area contributed by atoms with Gasteiger partial charge in [-0.2, -0.15) is 18.3 Å². The van der Waals surface area contributed by atoms with Crippen LogP contribution in [-0.2, 0) is 22.3 Å². The van der Waals surface area contributed by atoms with Crippen molar-refractivity contribution < 1.29 is 27.5 Å². The minimum absolute atomic E-state index is 0.0314. The van der Waals surface area contributed by atoms with Gasteiger partial charge in [-0.1, -0.05) is 0 Å². The summed E-state index contributed by atoms with van der Waals surface area (Å²) < 4.78 is 48.5. The maximum atomic E-state index is 13.8. The lowest BCUT2D eigenvalue weighted by molar-refractivity contribution is -0.142. The molecule has 1 aliphatic rings. The average molecular weight is 568 g/mol. The largest absolute Gasteiger partial charge is 0.433 e. The second kappa shape index (κ2) is 11.7. The third-order valence-electron chi connectivity index (χ3n) is 6.37. The number of anilines is 1. The standard InChI is InChI=1S/C27H24F3N7O4/c28-27(29,30)22-14-21(18-2-1-8-31-15-18)34-37(22)20-4-5-23(32-16-20)33-26(40)19-3-6-24(38)36(17-19)9-7-25(39)35-10-12-41-13-11-35/h1-6,8,14-17H,7,9-13H2,(H,32,33,40). The highest BCUT2D eigenvalue weighted by Gasteiger charge is 2.36. The van der Waals surface area contributed by atoms with E-state index < -0.39 is 17.8 Å². The first-order chi connectivity index (χ1) is 19.7. The third-order valence-corrected chi connectivity index (χ3v) is 6.37. The number of aryl methyl sites for hydroxylation is 1. The number of aromatic nitrogens is 5. The predicted octanol–water partition coefficient (Wildman–Crippen LogP) is 3.01. The van der Waals surface area contributed by atoms with Crippen molar-refractivity contribution in [2.75, 3.05) is 31.6 Å². The maximum absolute atomic E-state index is 13.8. The van der Waals surface area contributed by atoms with E-state index in [1.165, 1.54) is 47.4 Å². The highest BCUT2D eigenvalue weighted by molar-refractivity contribution is 6.03. The monoisotopic (exact) mass is 567 g/mol. The Hall–Kier alpha value is -4.85. The molecule has 0 unspecified atom stereocenters. The number of nitrogens with one attached hydrogen (secondary N) is 1. The van der Waals surface area contributed by atoms with Gasteiger partial charge in [-0.3, -0.25) is 19.4 Å². The molecule has 1 aliphatic heterocycles. The summed E-state index contributed by atoms with van der Waals surface area (Å²) in [6.45, 7) is 2.01. The Morgan fingerprint density at radius 2 is 1.85 bits per heavy atom. The third kappa shape index (κ3) is 6.49. The van der Waals surface area contributed by atoms with Crippen LogP contribution in [0.1, 0.15) is 22.5 Å². The molecule has 2 amide bonds. The highest BCUT2D eigenvalue weighted by atomic mass is 19.4. The zero-order valence-electron chi connectivity index (χ0n) is 21.5. The number of carbonyl (C=O) groups excluding carboxylic acids is 2. The summed E-state index contributed by atoms with van der Waals surface area (Å²) in [6, 6.07) is 9.37. The van der Waals surface area contributed by atoms with Gasteiger partial charge in [0.15, 0.2) is 0 Å². The maximum Gasteiger partial charge on any atom is 0.433 e. The van der Waals surface area contributed by atoms with Crippen molar-refractivity contribution >= 4 is 17.6 Å². The number of morpholine rings is 1. The van der Waals surface area contributed by atoms with Crippen molar-refractivity contribution in [3.8, 4) is 16.9 Å². The second-order valence-electron chi connectivity index (χ2n) is 9.11. The Morgan fingerprint density at radius 3 is 2.54 bits per heavy atom. The summed E-state index contributed by atoms with van der Waals surface area (Å²) in [5.41, 5.74) is -0.691. The Kier molecular flexibility index (Phi) is 7.92. The molecule has 0 radical (unpaired) electrons. The molecule has 0 spiro atoms. The molecule has 212 valence electrons. The Bertz CT molecular complexity index is 1600. The first kappa shape index (κ1) is 27.7. The van der Waals surface area contributed by atoms with Crippen molar-refractivity contribution in [1.82, 2.24) is 29.2 Å². The van der Waals surface area contributed by atoms with Crippen LogP contribution in [0.5, 0.6) is 0 Å². The molecule has 4 aromatic heterocycles. The summed E-state index contributed by atoms with van der Waals surface area (Å²) in [5, 5.41) is 6.66. The molecule has 5 heterocycles. The van der Waals surface area contributed by atoms with Gasteiger partial charge in [0.2, 0.25) is 5.91 Å². The van der Waals surface area contributed by atoms with Crippen LogP contribution in [-0.4, -0.2) is 67.3 Å². The average Bonchev–Trinajstić information content (AvgIpc) is 3.44. The SMILES string of the molecule is O=C(Nc1ccc(-n2nc(-c3cccnc3)cc2C(F)(F)F)cn1)c1ccc(=O)n(CCC(=O)N2CCOCC2)c1. The molecule has 0 saturated carbocycles. The number of rotatable bonds is 7. The zero-order chi connectivity index (χ0) is 29.0. The van der Waals surface area contributed by atoms with E-state index in [-0.39, 0.29) is 47.2 Å². The van der Waals surface area contributed by atoms with Gasteiger partial charge in [0, 0.05) is 56.3 Å². The summed E-state index contributed by atoms with van der Waals surface area (Å²) >= 11 is 0. The first-order valence-corrected chi connectivity index (χ1v) is 12.6. The molecule has 5 rings (SSSR count). The highest BCUT2D eigenvalue weighted by Crippen LogP contribution is 2.34. The normalized spacial score (nSPS) is 13.7. The van der Waals surface area contributed by atoms with Gasteiger partial charge in [0.25, 0.3) is 11.5 Å². The molecule has 0 aromatic carbocycles. The molecule has 1 N–H and O–H groups in total. The summed E-state index contributed by atoms with van der Waals surface area (Å²) in [4.78, 5) is 47.2. The van der Waals surface area contributed by atoms with E-state index in [0.717, 1.165) is 16.9 Å². The molecular formula is C27H24F3N7O4. The van der Waals surface area contributed by atoms with E-state index in [2.05, 4.69) is 20.4 Å². The molecule has 0 atom stereocenters. The topological polar surface area (TPSA) is 124 Å². The lowest BCUT2D eigenvalue weighted by Crippen LogP contribution is -2.41. The zero-order valence-corrected chi connectivity index (χ0v) is 21.5. The fourth-order valence-corrected chi connectivity index (χ4v) is 4.24. The quantitative estimate of drug-likeness (QED) is 0.364. The second-order valence-corrected chi connectivity index (χ2v) is 9.11. The number of nitrogens with zero attached hydrogens (tertiary/aromatic N) is 6. The molecule has 4 aromatic rings. The predicted molar refractivity (Wildman–Crippen MR) is 140 cm³/mol. The van der Waals surface area contributed by atoms with Crippen LogP contribution in [0.25, 0.3) is 16.9 Å². The van der Waals surface area contributed by atoms with Crippen LogP contribution in [0.3, 0.4) is 0 Å². The van der Waals surface area contributed by atoms with Crippen molar-refractivity contribution in [3.63, 3.8) is 0 Å². The number of pyridine rings is 3. The van der Waals surface area contributed by atoms with Crippen molar-refractivity contribution in [2.24, 2.45) is 0 Å². The number of carbonyl (C=O) groups is 2. The number of ether oxygens (including phenoxy) is 1. The Morgan fingerprint density at radius 1 is 1.05 bits per heavy atom. The van der Waals surface area contributed by atoms with Crippen LogP contribution in [0, 0.1) is 0 Å². The van der Waals surface area contributed by atoms with Gasteiger partial charge >= 0.3 is 6.18 Å². The summed E-state index contributed by atoms with van der Waals surface area (Å²) in [6.07, 6.45) is 0.820. The molecule has 0 aliphatic carbocycles. The lowest BCUT2D eigenvalue weighted by Gasteiger charge is -2.26. The number of hydrogen-bond acceptors (Lipinski definition) is 7. The van der Waals surface area contributed by atoms with Crippen molar-refractivity contribution in [3.05, 3.63) is 88.9 Å². The molecule has 0 bridgehead atoms. The number of alkyl halides is 3. The number of hydrogen-bond donors (Lipinski definition) is 1. The van der Waals surface area contributed by atoms with Crippen LogP contribution in [0.2, 0.25) is 0 Å². The minimum atomic E-state index is -4.68. The van der Waals surface area contributed by atoms with Crippen molar-refractivity contribution in [2.45, 2.75) is 19.1 Å². The van der Waals surface area contributed by atoms with E-state index in [0.29, 0.717) is 31.9 Å². The van der Waals surface area contributed by atoms with Gasteiger partial charge in [-0.25, -0.2) is 9.67 Å². The molecular weight excluding hydrogens is 543 g/mol. The summed E-state index contributed by atoms with van der Waals surface area (Å²) in [5.74, 6) is -0.627. The fourth-order valence-electron chi connectivity index (χ4n) is 4.24. The lowest BCUT2D eigenvalue weighted by atomic mass is 10.2. The van der Waals surface area contributed by atoms with Gasteiger partial charge in [0.1, 0.15) is 11.5 Å². The fraction of sp³-hybridized carbons (Fsp3) is 0.259. The van der Waals surface area contributed by atoms with E-state index >= 15 is 0 Å². The van der Waals surface area contributed by atoms with Crippen LogP contribution >= 0.6 is 0 Å². The molecule has 11 nitrogen and oxygen atoms in total. The van der Waals surface area contributed by atoms with Crippen LogP contribution < -0.4 is 10.9 Å². The molecule has 1 fully saturated rings. The van der Waals surface area contributed by atoms with E-state index in [4.69, 9.17) is 4.74 Å². The smallest absolute Gasteiger partial charge is 0.378 e. The van der Waals surface area contributed by atoms with Gasteiger partial charge in [-0.15, -0.1) is 0 Å². The minimum Gasteiger partial charge on any atom is -0.378 e. The molecule has 1 saturated heterocycles. The van der Waals surface area contributed by atoms with Gasteiger partial charge in [-0.05, 0) is 36.4 Å². The van der Waals surface area contributed by atoms with Crippen LogP contribution in [0.15, 0.2) is 72.0 Å². The van der Waals surface area contributed by atoms with E-state index in [1.807, 2.05) is 0 Å².